The first-order valence-electron chi connectivity index (χ1n) is 10.3. The Kier molecular flexibility index (Phi) is 5.63. The van der Waals surface area contributed by atoms with E-state index in [1.165, 1.54) is 11.7 Å². The second-order valence-corrected chi connectivity index (χ2v) is 8.33. The van der Waals surface area contributed by atoms with E-state index in [2.05, 4.69) is 4.98 Å². The van der Waals surface area contributed by atoms with Crippen molar-refractivity contribution in [2.75, 3.05) is 44.2 Å². The zero-order chi connectivity index (χ0) is 22.4. The molecule has 2 aliphatic rings. The highest BCUT2D eigenvalue weighted by molar-refractivity contribution is 5.99. The van der Waals surface area contributed by atoms with Crippen molar-refractivity contribution >= 4 is 22.3 Å². The van der Waals surface area contributed by atoms with Crippen molar-refractivity contribution in [2.45, 2.75) is 31.3 Å². The summed E-state index contributed by atoms with van der Waals surface area (Å²) in [7, 11) is 1.33. The zero-order valence-electron chi connectivity index (χ0n) is 17.2. The summed E-state index contributed by atoms with van der Waals surface area (Å²) in [5, 5.41) is -0.132. The summed E-state index contributed by atoms with van der Waals surface area (Å²) in [6, 6.07) is -0.854. The highest BCUT2D eigenvalue weighted by atomic mass is 19.1. The number of nitrogen functional groups attached to an aromatic ring is 1. The van der Waals surface area contributed by atoms with E-state index in [0.717, 1.165) is 12.8 Å². The number of hydrogen-bond donors (Lipinski definition) is 3. The van der Waals surface area contributed by atoms with Crippen LogP contribution in [0.15, 0.2) is 9.59 Å². The largest absolute Gasteiger partial charge is 0.492 e. The number of methoxy groups -OCH3 is 1. The molecular formula is C20H26F3N5O3. The monoisotopic (exact) mass is 441 g/mol. The van der Waals surface area contributed by atoms with Crippen LogP contribution in [-0.4, -0.2) is 49.1 Å². The molecule has 2 unspecified atom stereocenters. The first-order chi connectivity index (χ1) is 14.8. The lowest BCUT2D eigenvalue weighted by molar-refractivity contribution is 0.217. The molecule has 4 rings (SSSR count). The number of benzene rings is 1. The number of nitrogens with zero attached hydrogens (tertiary/aromatic N) is 2. The highest BCUT2D eigenvalue weighted by Gasteiger charge is 2.37. The Labute approximate surface area is 176 Å². The summed E-state index contributed by atoms with van der Waals surface area (Å²) in [4.78, 5) is 28.9. The van der Waals surface area contributed by atoms with Gasteiger partial charge in [0.25, 0.3) is 5.56 Å². The minimum atomic E-state index is -0.919. The molecule has 1 aliphatic carbocycles. The molecule has 1 saturated carbocycles. The Morgan fingerprint density at radius 1 is 1.23 bits per heavy atom. The van der Waals surface area contributed by atoms with Gasteiger partial charge in [-0.25, -0.2) is 9.18 Å². The van der Waals surface area contributed by atoms with Gasteiger partial charge in [-0.15, -0.1) is 0 Å². The molecule has 1 aromatic heterocycles. The molecule has 2 atom stereocenters. The van der Waals surface area contributed by atoms with Crippen LogP contribution in [0.4, 0.5) is 24.5 Å². The molecule has 8 nitrogen and oxygen atoms in total. The third kappa shape index (κ3) is 3.44. The van der Waals surface area contributed by atoms with E-state index in [1.807, 2.05) is 0 Å². The summed E-state index contributed by atoms with van der Waals surface area (Å²) in [6.45, 7) is -1.14. The number of fused-ring (bicyclic) bond motifs is 1. The van der Waals surface area contributed by atoms with Crippen molar-refractivity contribution in [1.29, 1.82) is 0 Å². The van der Waals surface area contributed by atoms with Gasteiger partial charge in [0.05, 0.1) is 31.5 Å². The SMILES string of the molecule is COc1c(N2CCC(C(N)C(CF)CF)C2)c(F)c(N)c2c(=O)[nH]c(=O)n(C3CC3)c12. The van der Waals surface area contributed by atoms with Crippen molar-refractivity contribution in [2.24, 2.45) is 17.6 Å². The molecular weight excluding hydrogens is 415 g/mol. The number of aromatic nitrogens is 2. The van der Waals surface area contributed by atoms with E-state index < -0.39 is 42.4 Å². The molecule has 2 heterocycles. The third-order valence-corrected chi connectivity index (χ3v) is 6.43. The van der Waals surface area contributed by atoms with E-state index in [1.54, 1.807) is 4.90 Å². The average Bonchev–Trinajstić information content (AvgIpc) is 3.46. The summed E-state index contributed by atoms with van der Waals surface area (Å²) in [5.41, 5.74) is 10.5. The molecule has 2 fully saturated rings. The van der Waals surface area contributed by atoms with Crippen LogP contribution >= 0.6 is 0 Å². The topological polar surface area (TPSA) is 119 Å². The second kappa shape index (κ2) is 8.10. The Morgan fingerprint density at radius 3 is 2.48 bits per heavy atom. The number of nitrogens with two attached hydrogens (primary N) is 2. The highest BCUT2D eigenvalue weighted by Crippen LogP contribution is 2.46. The minimum Gasteiger partial charge on any atom is -0.492 e. The molecule has 0 bridgehead atoms. The fraction of sp³-hybridized carbons (Fsp3) is 0.600. The average molecular weight is 441 g/mol. The predicted octanol–water partition coefficient (Wildman–Crippen LogP) is 1.46. The normalized spacial score (nSPS) is 20.1. The number of nitrogens with one attached hydrogen (secondary N) is 1. The predicted molar refractivity (Wildman–Crippen MR) is 112 cm³/mol. The molecule has 0 amide bonds. The number of halogens is 3. The number of rotatable bonds is 7. The molecule has 11 heteroatoms. The first-order valence-corrected chi connectivity index (χ1v) is 10.3. The van der Waals surface area contributed by atoms with E-state index >= 15 is 4.39 Å². The summed E-state index contributed by atoms with van der Waals surface area (Å²) in [6.07, 6.45) is 1.99. The van der Waals surface area contributed by atoms with Gasteiger partial charge in [0.1, 0.15) is 11.2 Å². The molecule has 1 aliphatic heterocycles. The van der Waals surface area contributed by atoms with Gasteiger partial charge in [0, 0.05) is 31.1 Å². The van der Waals surface area contributed by atoms with Gasteiger partial charge in [-0.05, 0) is 25.2 Å². The van der Waals surface area contributed by atoms with Crippen molar-refractivity contribution in [1.82, 2.24) is 9.55 Å². The van der Waals surface area contributed by atoms with Gasteiger partial charge < -0.3 is 21.1 Å². The number of H-pyrrole nitrogens is 1. The Balaban J connectivity index is 1.86. The van der Waals surface area contributed by atoms with Gasteiger partial charge in [0.2, 0.25) is 0 Å². The smallest absolute Gasteiger partial charge is 0.329 e. The maximum Gasteiger partial charge on any atom is 0.329 e. The van der Waals surface area contributed by atoms with Gasteiger partial charge in [0.15, 0.2) is 11.6 Å². The van der Waals surface area contributed by atoms with Crippen LogP contribution in [0.5, 0.6) is 5.75 Å². The van der Waals surface area contributed by atoms with Crippen LogP contribution in [0, 0.1) is 17.7 Å². The van der Waals surface area contributed by atoms with Crippen molar-refractivity contribution in [3.63, 3.8) is 0 Å². The molecule has 31 heavy (non-hydrogen) atoms. The molecule has 5 N–H and O–H groups in total. The molecule has 2 aromatic rings. The fourth-order valence-corrected chi connectivity index (χ4v) is 4.56. The lowest BCUT2D eigenvalue weighted by atomic mass is 9.90. The molecule has 1 aromatic carbocycles. The minimum absolute atomic E-state index is 0.0265. The standard InChI is InChI=1S/C20H26F3N5O3/c1-31-18-16-12(19(29)26-20(30)28(16)11-2-3-11)15(25)13(23)17(18)27-5-4-9(8-27)14(24)10(6-21)7-22/h9-11,14H,2-8,24-25H2,1H3,(H,26,29,30). The van der Waals surface area contributed by atoms with E-state index in [4.69, 9.17) is 16.2 Å². The first kappa shape index (κ1) is 21.5. The van der Waals surface area contributed by atoms with Crippen LogP contribution in [0.1, 0.15) is 25.3 Å². The van der Waals surface area contributed by atoms with E-state index in [0.29, 0.717) is 13.0 Å². The zero-order valence-corrected chi connectivity index (χ0v) is 17.2. The summed E-state index contributed by atoms with van der Waals surface area (Å²) < 4.78 is 48.6. The Bertz CT molecular complexity index is 1110. The van der Waals surface area contributed by atoms with E-state index in [-0.39, 0.29) is 46.5 Å². The molecule has 0 radical (unpaired) electrons. The lowest BCUT2D eigenvalue weighted by Gasteiger charge is -2.27. The third-order valence-electron chi connectivity index (χ3n) is 6.43. The number of aromatic amines is 1. The second-order valence-electron chi connectivity index (χ2n) is 8.33. The van der Waals surface area contributed by atoms with Crippen LogP contribution in [-0.2, 0) is 0 Å². The van der Waals surface area contributed by atoms with Crippen LogP contribution in [0.2, 0.25) is 0 Å². The van der Waals surface area contributed by atoms with E-state index in [9.17, 15) is 18.4 Å². The summed E-state index contributed by atoms with van der Waals surface area (Å²) >= 11 is 0. The number of anilines is 2. The van der Waals surface area contributed by atoms with Gasteiger partial charge >= 0.3 is 5.69 Å². The Morgan fingerprint density at radius 2 is 1.90 bits per heavy atom. The van der Waals surface area contributed by atoms with Crippen LogP contribution in [0.3, 0.4) is 0 Å². The number of ether oxygens (including phenoxy) is 1. The molecule has 0 spiro atoms. The number of alkyl halides is 2. The van der Waals surface area contributed by atoms with Gasteiger partial charge in [-0.1, -0.05) is 0 Å². The van der Waals surface area contributed by atoms with Gasteiger partial charge in [-0.2, -0.15) is 0 Å². The maximum absolute atomic E-state index is 15.4. The number of hydrogen-bond acceptors (Lipinski definition) is 6. The quantitative estimate of drug-likeness (QED) is 0.560. The fourth-order valence-electron chi connectivity index (χ4n) is 4.56. The maximum atomic E-state index is 15.4. The molecule has 1 saturated heterocycles. The summed E-state index contributed by atoms with van der Waals surface area (Å²) in [5.74, 6) is -1.98. The van der Waals surface area contributed by atoms with Crippen LogP contribution in [0.25, 0.3) is 10.9 Å². The van der Waals surface area contributed by atoms with Gasteiger partial charge in [-0.3, -0.25) is 23.1 Å². The van der Waals surface area contributed by atoms with Crippen molar-refractivity contribution < 1.29 is 17.9 Å². The Hall–Kier alpha value is -2.69. The van der Waals surface area contributed by atoms with Crippen LogP contribution < -0.4 is 32.4 Å². The lowest BCUT2D eigenvalue weighted by Crippen LogP contribution is -2.41. The van der Waals surface area contributed by atoms with Crippen molar-refractivity contribution in [3.05, 3.63) is 26.7 Å². The van der Waals surface area contributed by atoms with Crippen molar-refractivity contribution in [3.8, 4) is 5.75 Å². The molecule has 170 valence electrons.